The van der Waals surface area contributed by atoms with Gasteiger partial charge in [0.05, 0.1) is 0 Å². The molecule has 0 saturated heterocycles. The molecular weight excluding hydrogens is 344 g/mol. The summed E-state index contributed by atoms with van der Waals surface area (Å²) in [6, 6.07) is 15.9. The third-order valence-corrected chi connectivity index (χ3v) is 4.03. The van der Waals surface area contributed by atoms with Gasteiger partial charge < -0.3 is 15.3 Å². The van der Waals surface area contributed by atoms with Crippen molar-refractivity contribution in [1.82, 2.24) is 10.2 Å². The minimum absolute atomic E-state index is 0.249. The first-order valence-electron chi connectivity index (χ1n) is 8.94. The quantitative estimate of drug-likeness (QED) is 0.712. The van der Waals surface area contributed by atoms with Crippen LogP contribution in [0, 0.1) is 0 Å². The van der Waals surface area contributed by atoms with Crippen molar-refractivity contribution >= 4 is 17.8 Å². The molecule has 0 radical (unpaired) electrons. The molecule has 2 rings (SSSR count). The van der Waals surface area contributed by atoms with E-state index in [1.54, 1.807) is 18.2 Å². The Bertz CT molecular complexity index is 790. The zero-order valence-corrected chi connectivity index (χ0v) is 15.4. The van der Waals surface area contributed by atoms with E-state index in [1.807, 2.05) is 37.3 Å². The predicted octanol–water partition coefficient (Wildman–Crippen LogP) is 2.60. The van der Waals surface area contributed by atoms with E-state index in [0.717, 1.165) is 12.0 Å². The molecule has 6 nitrogen and oxygen atoms in total. The van der Waals surface area contributed by atoms with Gasteiger partial charge >= 0.3 is 5.97 Å². The summed E-state index contributed by atoms with van der Waals surface area (Å²) in [6.07, 6.45) is 1.37. The van der Waals surface area contributed by atoms with E-state index in [9.17, 15) is 14.4 Å². The number of carbonyl (C=O) groups is 3. The lowest BCUT2D eigenvalue weighted by molar-refractivity contribution is -0.137. The maximum Gasteiger partial charge on any atom is 0.323 e. The standard InChI is InChI=1S/C21H24N2O4/c1-2-12-22-20(26)17-9-6-10-18(14-17)21(27)23(15-19(24)25)13-11-16-7-4-3-5-8-16/h3-10,14H,2,11-13,15H2,1H3,(H,22,26)(H,24,25). The second-order valence-electron chi connectivity index (χ2n) is 6.19. The van der Waals surface area contributed by atoms with E-state index in [4.69, 9.17) is 5.11 Å². The average Bonchev–Trinajstić information content (AvgIpc) is 2.69. The van der Waals surface area contributed by atoms with Gasteiger partial charge in [-0.15, -0.1) is 0 Å². The number of carboxylic acids is 1. The Balaban J connectivity index is 2.14. The van der Waals surface area contributed by atoms with E-state index < -0.39 is 18.4 Å². The Morgan fingerprint density at radius 1 is 1.00 bits per heavy atom. The lowest BCUT2D eigenvalue weighted by atomic mass is 10.1. The van der Waals surface area contributed by atoms with E-state index >= 15 is 0 Å². The van der Waals surface area contributed by atoms with Gasteiger partial charge in [-0.05, 0) is 36.6 Å². The van der Waals surface area contributed by atoms with Crippen molar-refractivity contribution < 1.29 is 19.5 Å². The summed E-state index contributed by atoms with van der Waals surface area (Å²) in [5.74, 6) is -1.73. The van der Waals surface area contributed by atoms with Gasteiger partial charge in [0.2, 0.25) is 0 Å². The van der Waals surface area contributed by atoms with Crippen molar-refractivity contribution in [3.63, 3.8) is 0 Å². The summed E-state index contributed by atoms with van der Waals surface area (Å²) < 4.78 is 0. The highest BCUT2D eigenvalue weighted by molar-refractivity contribution is 6.00. The molecule has 0 heterocycles. The number of amides is 2. The summed E-state index contributed by atoms with van der Waals surface area (Å²) in [7, 11) is 0. The second kappa shape index (κ2) is 10.1. The van der Waals surface area contributed by atoms with Crippen LogP contribution in [0.1, 0.15) is 39.6 Å². The zero-order chi connectivity index (χ0) is 19.6. The Labute approximate surface area is 158 Å². The molecule has 0 aliphatic heterocycles. The fraction of sp³-hybridized carbons (Fsp3) is 0.286. The lowest BCUT2D eigenvalue weighted by Gasteiger charge is -2.21. The first kappa shape index (κ1) is 20.2. The average molecular weight is 368 g/mol. The van der Waals surface area contributed by atoms with Crippen molar-refractivity contribution in [3.8, 4) is 0 Å². The normalized spacial score (nSPS) is 10.3. The molecule has 2 N–H and O–H groups in total. The Hall–Kier alpha value is -3.15. The molecular formula is C21H24N2O4. The number of carboxylic acid groups (broad SMARTS) is 1. The number of nitrogens with zero attached hydrogens (tertiary/aromatic N) is 1. The number of nitrogens with one attached hydrogen (secondary N) is 1. The van der Waals surface area contributed by atoms with Gasteiger partial charge in [-0.2, -0.15) is 0 Å². The number of hydrogen-bond donors (Lipinski definition) is 2. The van der Waals surface area contributed by atoms with Crippen LogP contribution in [0.2, 0.25) is 0 Å². The minimum Gasteiger partial charge on any atom is -0.480 e. The number of aliphatic carboxylic acids is 1. The largest absolute Gasteiger partial charge is 0.480 e. The summed E-state index contributed by atoms with van der Waals surface area (Å²) in [6.45, 7) is 2.40. The van der Waals surface area contributed by atoms with Gasteiger partial charge in [-0.25, -0.2) is 0 Å². The molecule has 0 aliphatic carbocycles. The van der Waals surface area contributed by atoms with Gasteiger partial charge in [0, 0.05) is 24.2 Å². The Morgan fingerprint density at radius 2 is 1.70 bits per heavy atom. The fourth-order valence-corrected chi connectivity index (χ4v) is 2.64. The second-order valence-corrected chi connectivity index (χ2v) is 6.19. The van der Waals surface area contributed by atoms with Crippen LogP contribution >= 0.6 is 0 Å². The Kier molecular flexibility index (Phi) is 7.55. The van der Waals surface area contributed by atoms with Crippen LogP contribution in [0.25, 0.3) is 0 Å². The SMILES string of the molecule is CCCNC(=O)c1cccc(C(=O)N(CCc2ccccc2)CC(=O)O)c1. The highest BCUT2D eigenvalue weighted by Gasteiger charge is 2.19. The molecule has 2 amide bonds. The van der Waals surface area contributed by atoms with Gasteiger partial charge in [0.25, 0.3) is 11.8 Å². The lowest BCUT2D eigenvalue weighted by Crippen LogP contribution is -2.37. The summed E-state index contributed by atoms with van der Waals surface area (Å²) in [5.41, 5.74) is 1.70. The smallest absolute Gasteiger partial charge is 0.323 e. The number of benzene rings is 2. The molecule has 0 aliphatic rings. The van der Waals surface area contributed by atoms with Crippen LogP contribution in [0.3, 0.4) is 0 Å². The molecule has 142 valence electrons. The maximum absolute atomic E-state index is 12.8. The summed E-state index contributed by atoms with van der Waals surface area (Å²) >= 11 is 0. The molecule has 0 unspecified atom stereocenters. The van der Waals surface area contributed by atoms with Crippen molar-refractivity contribution in [2.45, 2.75) is 19.8 Å². The molecule has 2 aromatic rings. The van der Waals surface area contributed by atoms with E-state index in [-0.39, 0.29) is 12.5 Å². The first-order chi connectivity index (χ1) is 13.0. The molecule has 0 aromatic heterocycles. The van der Waals surface area contributed by atoms with Crippen LogP contribution in [0.4, 0.5) is 0 Å². The van der Waals surface area contributed by atoms with Gasteiger partial charge in [0.15, 0.2) is 0 Å². The Morgan fingerprint density at radius 3 is 2.37 bits per heavy atom. The van der Waals surface area contributed by atoms with Crippen molar-refractivity contribution in [3.05, 3.63) is 71.3 Å². The zero-order valence-electron chi connectivity index (χ0n) is 15.4. The third kappa shape index (κ3) is 6.26. The van der Waals surface area contributed by atoms with Crippen LogP contribution in [0.5, 0.6) is 0 Å². The molecule has 27 heavy (non-hydrogen) atoms. The molecule has 0 fully saturated rings. The minimum atomic E-state index is -1.08. The molecule has 6 heteroatoms. The topological polar surface area (TPSA) is 86.7 Å². The highest BCUT2D eigenvalue weighted by atomic mass is 16.4. The predicted molar refractivity (Wildman–Crippen MR) is 103 cm³/mol. The number of hydrogen-bond acceptors (Lipinski definition) is 3. The number of rotatable bonds is 9. The summed E-state index contributed by atoms with van der Waals surface area (Å²) in [4.78, 5) is 37.4. The number of carbonyl (C=O) groups excluding carboxylic acids is 2. The molecule has 0 saturated carbocycles. The van der Waals surface area contributed by atoms with E-state index in [0.29, 0.717) is 24.1 Å². The van der Waals surface area contributed by atoms with Crippen molar-refractivity contribution in [1.29, 1.82) is 0 Å². The van der Waals surface area contributed by atoms with Gasteiger partial charge in [-0.1, -0.05) is 43.3 Å². The van der Waals surface area contributed by atoms with Crippen molar-refractivity contribution in [2.75, 3.05) is 19.6 Å². The van der Waals surface area contributed by atoms with E-state index in [2.05, 4.69) is 5.32 Å². The third-order valence-electron chi connectivity index (χ3n) is 4.03. The highest BCUT2D eigenvalue weighted by Crippen LogP contribution is 2.10. The molecule has 0 bridgehead atoms. The van der Waals surface area contributed by atoms with Crippen LogP contribution in [-0.2, 0) is 11.2 Å². The monoisotopic (exact) mass is 368 g/mol. The van der Waals surface area contributed by atoms with Gasteiger partial charge in [-0.3, -0.25) is 14.4 Å². The summed E-state index contributed by atoms with van der Waals surface area (Å²) in [5, 5.41) is 11.9. The van der Waals surface area contributed by atoms with Gasteiger partial charge in [0.1, 0.15) is 6.54 Å². The molecule has 0 spiro atoms. The molecule has 2 aromatic carbocycles. The van der Waals surface area contributed by atoms with Crippen molar-refractivity contribution in [2.24, 2.45) is 0 Å². The van der Waals surface area contributed by atoms with Crippen LogP contribution in [0.15, 0.2) is 54.6 Å². The maximum atomic E-state index is 12.8. The van der Waals surface area contributed by atoms with Crippen LogP contribution in [-0.4, -0.2) is 47.4 Å². The van der Waals surface area contributed by atoms with Crippen LogP contribution < -0.4 is 5.32 Å². The fourth-order valence-electron chi connectivity index (χ4n) is 2.64. The first-order valence-corrected chi connectivity index (χ1v) is 8.94. The van der Waals surface area contributed by atoms with E-state index in [1.165, 1.54) is 11.0 Å². The molecule has 0 atom stereocenters.